The van der Waals surface area contributed by atoms with E-state index in [-0.39, 0.29) is 11.9 Å². The lowest BCUT2D eigenvalue weighted by atomic mass is 10.1. The highest BCUT2D eigenvalue weighted by Gasteiger charge is 2.21. The van der Waals surface area contributed by atoms with E-state index in [4.69, 9.17) is 16.3 Å². The summed E-state index contributed by atoms with van der Waals surface area (Å²) in [7, 11) is 0. The van der Waals surface area contributed by atoms with E-state index in [1.54, 1.807) is 24.3 Å². The normalized spacial score (nSPS) is 15.3. The predicted octanol–water partition coefficient (Wildman–Crippen LogP) is 6.45. The number of nitrogens with zero attached hydrogens (tertiary/aromatic N) is 1. The largest absolute Gasteiger partial charge is 0.483 e. The standard InChI is InChI=1S/C27H26ClNO2/c28-24-19-23(25(30)15-13-21-9-3-1-4-10-21)14-16-26(24)31-27(20-29-17-7-8-18-29)22-11-5-2-6-12-22/h1-6,9-16,19,27H,7-8,17-18,20H2. The van der Waals surface area contributed by atoms with Crippen molar-refractivity contribution in [2.45, 2.75) is 18.9 Å². The molecule has 0 N–H and O–H groups in total. The fourth-order valence-corrected chi connectivity index (χ4v) is 4.04. The van der Waals surface area contributed by atoms with E-state index in [1.165, 1.54) is 12.8 Å². The molecule has 1 saturated heterocycles. The van der Waals surface area contributed by atoms with Crippen molar-refractivity contribution in [1.29, 1.82) is 0 Å². The van der Waals surface area contributed by atoms with Crippen LogP contribution in [-0.4, -0.2) is 30.3 Å². The first kappa shape index (κ1) is 21.4. The van der Waals surface area contributed by atoms with E-state index in [1.807, 2.05) is 54.6 Å². The summed E-state index contributed by atoms with van der Waals surface area (Å²) in [5, 5.41) is 0.446. The molecule has 1 heterocycles. The molecule has 158 valence electrons. The van der Waals surface area contributed by atoms with Gasteiger partial charge in [0.05, 0.1) is 5.02 Å². The molecule has 1 aliphatic heterocycles. The molecule has 0 aromatic heterocycles. The maximum Gasteiger partial charge on any atom is 0.185 e. The fraction of sp³-hybridized carbons (Fsp3) is 0.222. The van der Waals surface area contributed by atoms with Gasteiger partial charge in [0.2, 0.25) is 0 Å². The Morgan fingerprint density at radius 3 is 2.32 bits per heavy atom. The number of allylic oxidation sites excluding steroid dienone is 1. The minimum absolute atomic E-state index is 0.0889. The zero-order chi connectivity index (χ0) is 21.5. The molecule has 3 aromatic carbocycles. The average Bonchev–Trinajstić information content (AvgIpc) is 3.32. The summed E-state index contributed by atoms with van der Waals surface area (Å²) in [6.07, 6.45) is 5.73. The number of hydrogen-bond acceptors (Lipinski definition) is 3. The Morgan fingerprint density at radius 1 is 0.968 bits per heavy atom. The Labute approximate surface area is 188 Å². The molecule has 1 unspecified atom stereocenters. The summed E-state index contributed by atoms with van der Waals surface area (Å²) in [5.74, 6) is 0.507. The molecule has 3 nitrogen and oxygen atoms in total. The highest BCUT2D eigenvalue weighted by molar-refractivity contribution is 6.32. The maximum absolute atomic E-state index is 12.6. The molecule has 4 rings (SSSR count). The zero-order valence-corrected chi connectivity index (χ0v) is 18.2. The number of carbonyl (C=O) groups excluding carboxylic acids is 1. The fourth-order valence-electron chi connectivity index (χ4n) is 3.81. The van der Waals surface area contributed by atoms with Gasteiger partial charge in [-0.05, 0) is 61.3 Å². The zero-order valence-electron chi connectivity index (χ0n) is 17.4. The van der Waals surface area contributed by atoms with Crippen LogP contribution < -0.4 is 4.74 Å². The third kappa shape index (κ3) is 5.84. The van der Waals surface area contributed by atoms with Gasteiger partial charge in [-0.3, -0.25) is 9.69 Å². The van der Waals surface area contributed by atoms with E-state index in [2.05, 4.69) is 17.0 Å². The summed E-state index contributed by atoms with van der Waals surface area (Å²) in [5.41, 5.74) is 2.64. The summed E-state index contributed by atoms with van der Waals surface area (Å²) in [6.45, 7) is 3.02. The van der Waals surface area contributed by atoms with Gasteiger partial charge in [0.25, 0.3) is 0 Å². The molecule has 3 aromatic rings. The summed E-state index contributed by atoms with van der Waals surface area (Å²) in [4.78, 5) is 15.0. The molecule has 0 saturated carbocycles. The van der Waals surface area contributed by atoms with Gasteiger partial charge in [0.1, 0.15) is 11.9 Å². The third-order valence-corrected chi connectivity index (χ3v) is 5.80. The van der Waals surface area contributed by atoms with Gasteiger partial charge in [0, 0.05) is 12.1 Å². The highest BCUT2D eigenvalue weighted by atomic mass is 35.5. The number of likely N-dealkylation sites (tertiary alicyclic amines) is 1. The molecular weight excluding hydrogens is 406 g/mol. The van der Waals surface area contributed by atoms with Crippen molar-refractivity contribution in [3.05, 3.63) is 107 Å². The number of carbonyl (C=O) groups is 1. The molecular formula is C27H26ClNO2. The molecule has 0 bridgehead atoms. The van der Waals surface area contributed by atoms with E-state index in [0.29, 0.717) is 16.3 Å². The molecule has 1 atom stereocenters. The van der Waals surface area contributed by atoms with Crippen LogP contribution in [0.4, 0.5) is 0 Å². The number of rotatable bonds is 8. The van der Waals surface area contributed by atoms with E-state index < -0.39 is 0 Å². The second-order valence-corrected chi connectivity index (χ2v) is 8.19. The third-order valence-electron chi connectivity index (χ3n) is 5.51. The van der Waals surface area contributed by atoms with E-state index >= 15 is 0 Å². The molecule has 0 spiro atoms. The second kappa shape index (κ2) is 10.4. The van der Waals surface area contributed by atoms with Crippen LogP contribution in [0.1, 0.15) is 40.4 Å². The lowest BCUT2D eigenvalue weighted by Crippen LogP contribution is -2.28. The lowest BCUT2D eigenvalue weighted by molar-refractivity contribution is 0.104. The monoisotopic (exact) mass is 431 g/mol. The van der Waals surface area contributed by atoms with Crippen LogP contribution in [0, 0.1) is 0 Å². The number of hydrogen-bond donors (Lipinski definition) is 0. The van der Waals surface area contributed by atoms with Gasteiger partial charge in [-0.1, -0.05) is 78.3 Å². The summed E-state index contributed by atoms with van der Waals surface area (Å²) >= 11 is 6.52. The first-order valence-electron chi connectivity index (χ1n) is 10.7. The number of halogens is 1. The van der Waals surface area contributed by atoms with Gasteiger partial charge in [-0.2, -0.15) is 0 Å². The van der Waals surface area contributed by atoms with Gasteiger partial charge in [-0.15, -0.1) is 0 Å². The summed E-state index contributed by atoms with van der Waals surface area (Å²) < 4.78 is 6.35. The number of ketones is 1. The van der Waals surface area contributed by atoms with Crippen molar-refractivity contribution in [2.24, 2.45) is 0 Å². The Morgan fingerprint density at radius 2 is 1.65 bits per heavy atom. The number of benzene rings is 3. The van der Waals surface area contributed by atoms with Crippen molar-refractivity contribution < 1.29 is 9.53 Å². The molecule has 1 fully saturated rings. The van der Waals surface area contributed by atoms with Crippen molar-refractivity contribution >= 4 is 23.5 Å². The van der Waals surface area contributed by atoms with Crippen LogP contribution in [-0.2, 0) is 0 Å². The van der Waals surface area contributed by atoms with Gasteiger partial charge < -0.3 is 4.74 Å². The van der Waals surface area contributed by atoms with Crippen LogP contribution in [0.3, 0.4) is 0 Å². The van der Waals surface area contributed by atoms with E-state index in [0.717, 1.165) is 30.8 Å². The Bertz CT molecular complexity index is 1030. The van der Waals surface area contributed by atoms with Crippen LogP contribution in [0.5, 0.6) is 5.75 Å². The molecule has 31 heavy (non-hydrogen) atoms. The highest BCUT2D eigenvalue weighted by Crippen LogP contribution is 2.31. The van der Waals surface area contributed by atoms with Crippen molar-refractivity contribution in [2.75, 3.05) is 19.6 Å². The topological polar surface area (TPSA) is 29.5 Å². The Kier molecular flexibility index (Phi) is 7.18. The molecule has 0 aliphatic carbocycles. The Balaban J connectivity index is 1.49. The minimum Gasteiger partial charge on any atom is -0.483 e. The lowest BCUT2D eigenvalue weighted by Gasteiger charge is -2.25. The second-order valence-electron chi connectivity index (χ2n) is 7.78. The van der Waals surface area contributed by atoms with Gasteiger partial charge >= 0.3 is 0 Å². The summed E-state index contributed by atoms with van der Waals surface area (Å²) in [6, 6.07) is 25.2. The smallest absolute Gasteiger partial charge is 0.185 e. The molecule has 0 amide bonds. The predicted molar refractivity (Wildman–Crippen MR) is 127 cm³/mol. The molecule has 0 radical (unpaired) electrons. The molecule has 4 heteroatoms. The molecule has 1 aliphatic rings. The van der Waals surface area contributed by atoms with Gasteiger partial charge in [0.15, 0.2) is 5.78 Å². The van der Waals surface area contributed by atoms with Crippen LogP contribution in [0.15, 0.2) is 84.9 Å². The number of ether oxygens (including phenoxy) is 1. The van der Waals surface area contributed by atoms with Crippen molar-refractivity contribution in [3.8, 4) is 5.75 Å². The van der Waals surface area contributed by atoms with Crippen molar-refractivity contribution in [3.63, 3.8) is 0 Å². The Hall–Kier alpha value is -2.88. The average molecular weight is 432 g/mol. The first-order valence-corrected chi connectivity index (χ1v) is 11.1. The quantitative estimate of drug-likeness (QED) is 0.303. The van der Waals surface area contributed by atoms with Crippen LogP contribution in [0.2, 0.25) is 5.02 Å². The van der Waals surface area contributed by atoms with Crippen LogP contribution in [0.25, 0.3) is 6.08 Å². The minimum atomic E-state index is -0.115. The van der Waals surface area contributed by atoms with E-state index in [9.17, 15) is 4.79 Å². The van der Waals surface area contributed by atoms with Crippen molar-refractivity contribution in [1.82, 2.24) is 4.90 Å². The van der Waals surface area contributed by atoms with Crippen LogP contribution >= 0.6 is 11.6 Å². The maximum atomic E-state index is 12.6. The SMILES string of the molecule is O=C(C=Cc1ccccc1)c1ccc(OC(CN2CCCC2)c2ccccc2)c(Cl)c1. The van der Waals surface area contributed by atoms with Gasteiger partial charge in [-0.25, -0.2) is 0 Å². The first-order chi connectivity index (χ1) is 15.2.